The number of hydrogen-bond donors (Lipinski definition) is 6. The van der Waals surface area contributed by atoms with Crippen LogP contribution in [0.1, 0.15) is 27.7 Å². The summed E-state index contributed by atoms with van der Waals surface area (Å²) in [4.78, 5) is 9.48. The second kappa shape index (κ2) is 23.0. The minimum absolute atomic E-state index is 0. The van der Waals surface area contributed by atoms with Gasteiger partial charge in [0.2, 0.25) is 10.7 Å². The van der Waals surface area contributed by atoms with Crippen LogP contribution in [0.25, 0.3) is 45.1 Å². The Labute approximate surface area is 377 Å². The molecule has 0 atom stereocenters. The molecule has 4 aliphatic rings. The van der Waals surface area contributed by atoms with Crippen molar-refractivity contribution in [1.29, 1.82) is 0 Å². The van der Waals surface area contributed by atoms with Crippen LogP contribution in [-0.2, 0) is 40.3 Å². The van der Waals surface area contributed by atoms with Crippen molar-refractivity contribution in [1.82, 2.24) is 19.1 Å². The zero-order valence-electron chi connectivity index (χ0n) is 35.1. The molecule has 0 aromatic heterocycles. The number of fused-ring (bicyclic) bond motifs is 4. The first kappa shape index (κ1) is 49.7. The molecule has 4 aromatic carbocycles. The van der Waals surface area contributed by atoms with Crippen LogP contribution in [0.5, 0.6) is 0 Å². The van der Waals surface area contributed by atoms with Gasteiger partial charge >= 0.3 is 20.8 Å². The minimum atomic E-state index is -4.67. The first-order valence-electron chi connectivity index (χ1n) is 19.4. The molecule has 16 nitrogen and oxygen atoms in total. The van der Waals surface area contributed by atoms with Crippen LogP contribution in [0.4, 0.5) is 22.7 Å². The van der Waals surface area contributed by atoms with Gasteiger partial charge in [0.25, 0.3) is 0 Å². The van der Waals surface area contributed by atoms with E-state index in [2.05, 4.69) is 71.7 Å². The predicted octanol–water partition coefficient (Wildman–Crippen LogP) is 7.67. The number of nitrogens with one attached hydrogen (secondary N) is 2. The second-order valence-electron chi connectivity index (χ2n) is 13.3. The molecule has 0 bridgehead atoms. The summed E-state index contributed by atoms with van der Waals surface area (Å²) in [6, 6.07) is 44.6. The van der Waals surface area contributed by atoms with Crippen LogP contribution in [0, 0.1) is 0 Å². The molecule has 2 aliphatic carbocycles. The SMILES string of the molecule is CC[N+](CC)=c1ccc2nc3ccc(Nc4ccccc4)cc3oc-2c1.CC[N+](CC)=c1ccc2nc3ccc(Nc4ccccc4)cc3oc-2c1.O=S(=O)(O)O.O=S(=O)(O)O.[Zn]. The zero-order chi connectivity index (χ0) is 44.9. The van der Waals surface area contributed by atoms with Crippen LogP contribution in [-0.4, -0.2) is 71.2 Å². The van der Waals surface area contributed by atoms with Gasteiger partial charge in [-0.3, -0.25) is 18.2 Å². The largest absolute Gasteiger partial charge is 0.452 e. The van der Waals surface area contributed by atoms with Crippen molar-refractivity contribution in [3.63, 3.8) is 0 Å². The molecule has 0 spiro atoms. The third-order valence-corrected chi connectivity index (χ3v) is 9.11. The smallest absolute Gasteiger partial charge is 0.394 e. The maximum Gasteiger partial charge on any atom is 0.394 e. The van der Waals surface area contributed by atoms with Gasteiger partial charge in [0, 0.05) is 66.5 Å². The Morgan fingerprint density at radius 1 is 0.476 bits per heavy atom. The average molecular weight is 950 g/mol. The second-order valence-corrected chi connectivity index (χ2v) is 15.1. The van der Waals surface area contributed by atoms with Gasteiger partial charge < -0.3 is 19.5 Å². The number of aromatic nitrogens is 2. The van der Waals surface area contributed by atoms with Crippen molar-refractivity contribution in [2.45, 2.75) is 27.7 Å². The standard InChI is InChI=1S/2C22H21N3O.2H2O4S.Zn/c2*1-3-25(4-2)18-11-13-20-22(15-18)26-21-14-17(10-12-19(21)24-20)23-16-8-6-5-7-9-16;2*1-5(2,3)4;/h2*5-15H,3-4H2,1-2H3;2*(H2,1,2,3,4);/p+2. The molecule has 326 valence electrons. The van der Waals surface area contributed by atoms with Gasteiger partial charge in [-0.1, -0.05) is 36.4 Å². The third kappa shape index (κ3) is 15.7. The molecule has 6 N–H and O–H groups in total. The van der Waals surface area contributed by atoms with Crippen LogP contribution in [0.2, 0.25) is 0 Å². The number of anilines is 4. The van der Waals surface area contributed by atoms with Crippen molar-refractivity contribution in [3.05, 3.63) is 144 Å². The average Bonchev–Trinajstić information content (AvgIpc) is 3.23. The van der Waals surface area contributed by atoms with E-state index in [1.807, 2.05) is 109 Å². The predicted molar refractivity (Wildman–Crippen MR) is 242 cm³/mol. The Bertz CT molecular complexity index is 2820. The summed E-state index contributed by atoms with van der Waals surface area (Å²) in [5.41, 5.74) is 9.05. The molecular formula is C44H48N6O10S2Zn+2. The van der Waals surface area contributed by atoms with Gasteiger partial charge in [0.1, 0.15) is 48.6 Å². The van der Waals surface area contributed by atoms with E-state index in [1.165, 1.54) is 0 Å². The molecule has 0 fully saturated rings. The first-order chi connectivity index (χ1) is 29.5. The van der Waals surface area contributed by atoms with Crippen LogP contribution in [0.3, 0.4) is 0 Å². The van der Waals surface area contributed by atoms with E-state index >= 15 is 0 Å². The Balaban J connectivity index is 0.000000225. The Morgan fingerprint density at radius 2 is 0.810 bits per heavy atom. The molecule has 0 saturated heterocycles. The van der Waals surface area contributed by atoms with E-state index < -0.39 is 20.8 Å². The van der Waals surface area contributed by atoms with Gasteiger partial charge in [-0.2, -0.15) is 16.8 Å². The van der Waals surface area contributed by atoms with E-state index in [-0.39, 0.29) is 19.5 Å². The van der Waals surface area contributed by atoms with E-state index in [4.69, 9.17) is 53.8 Å². The molecule has 63 heavy (non-hydrogen) atoms. The molecule has 0 unspecified atom stereocenters. The summed E-state index contributed by atoms with van der Waals surface area (Å²) in [7, 11) is -9.33. The summed E-state index contributed by atoms with van der Waals surface area (Å²) in [6.45, 7) is 12.5. The number of rotatable bonds is 8. The summed E-state index contributed by atoms with van der Waals surface area (Å²) in [5.74, 6) is 1.61. The number of para-hydroxylation sites is 2. The van der Waals surface area contributed by atoms with E-state index in [0.717, 1.165) is 105 Å². The Hall–Kier alpha value is -5.92. The van der Waals surface area contributed by atoms with E-state index in [9.17, 15) is 0 Å². The fourth-order valence-corrected chi connectivity index (χ4v) is 6.33. The zero-order valence-corrected chi connectivity index (χ0v) is 39.7. The molecule has 0 amide bonds. The fourth-order valence-electron chi connectivity index (χ4n) is 6.33. The summed E-state index contributed by atoms with van der Waals surface area (Å²) in [6.07, 6.45) is 0. The number of benzene rings is 6. The quantitative estimate of drug-likeness (QED) is 0.0372. The molecule has 0 radical (unpaired) electrons. The van der Waals surface area contributed by atoms with Gasteiger partial charge in [-0.25, -0.2) is 19.1 Å². The topological polar surface area (TPSA) is 231 Å². The molecule has 2 heterocycles. The van der Waals surface area contributed by atoms with Gasteiger partial charge in [0.05, 0.1) is 12.1 Å². The Kier molecular flexibility index (Phi) is 18.1. The van der Waals surface area contributed by atoms with Crippen molar-refractivity contribution < 1.29 is 63.4 Å². The molecule has 4 aromatic rings. The first-order valence-corrected chi connectivity index (χ1v) is 22.2. The number of hydrogen-bond acceptors (Lipinski definition) is 10. The van der Waals surface area contributed by atoms with E-state index in [1.54, 1.807) is 0 Å². The monoisotopic (exact) mass is 948 g/mol. The van der Waals surface area contributed by atoms with Crippen LogP contribution in [0.15, 0.2) is 142 Å². The Morgan fingerprint density at radius 3 is 1.13 bits per heavy atom. The maximum atomic E-state index is 8.74. The summed E-state index contributed by atoms with van der Waals surface area (Å²) in [5, 5.41) is 9.11. The normalized spacial score (nSPS) is 10.9. The van der Waals surface area contributed by atoms with Crippen LogP contribution >= 0.6 is 0 Å². The third-order valence-electron chi connectivity index (χ3n) is 9.11. The molecule has 2 aliphatic heterocycles. The van der Waals surface area contributed by atoms with Crippen molar-refractivity contribution in [2.24, 2.45) is 0 Å². The van der Waals surface area contributed by atoms with Crippen molar-refractivity contribution in [2.75, 3.05) is 36.8 Å². The summed E-state index contributed by atoms with van der Waals surface area (Å²) < 4.78 is 80.1. The van der Waals surface area contributed by atoms with Crippen molar-refractivity contribution in [3.8, 4) is 22.9 Å². The summed E-state index contributed by atoms with van der Waals surface area (Å²) >= 11 is 0. The fraction of sp³-hybridized carbons (Fsp3) is 0.182. The minimum Gasteiger partial charge on any atom is -0.452 e. The van der Waals surface area contributed by atoms with Crippen LogP contribution < -0.4 is 30.5 Å². The van der Waals surface area contributed by atoms with E-state index in [0.29, 0.717) is 0 Å². The molecule has 8 rings (SSSR count). The maximum absolute atomic E-state index is 8.74. The van der Waals surface area contributed by atoms with Gasteiger partial charge in [-0.05, 0) is 88.4 Å². The molecule has 19 heteroatoms. The molecular weight excluding hydrogens is 902 g/mol. The van der Waals surface area contributed by atoms with Gasteiger partial charge in [0.15, 0.2) is 22.7 Å². The number of nitrogens with zero attached hydrogens (tertiary/aromatic N) is 4. The van der Waals surface area contributed by atoms with Gasteiger partial charge in [-0.15, -0.1) is 0 Å². The molecule has 0 saturated carbocycles. The van der Waals surface area contributed by atoms with Crippen molar-refractivity contribution >= 4 is 65.7 Å².